The number of hydrogen-bond acceptors (Lipinski definition) is 10. The highest BCUT2D eigenvalue weighted by Gasteiger charge is 2.28. The maximum atomic E-state index is 13.1. The number of rotatable bonds is 8. The van der Waals surface area contributed by atoms with Crippen molar-refractivity contribution in [2.45, 2.75) is 29.8 Å². The molecule has 14 heteroatoms. The van der Waals surface area contributed by atoms with Crippen LogP contribution >= 0.6 is 11.8 Å². The minimum Gasteiger partial charge on any atom is -0.481 e. The number of hydrogen-bond donors (Lipinski definition) is 2. The lowest BCUT2D eigenvalue weighted by Gasteiger charge is -2.10. The molecule has 0 aliphatic heterocycles. The fraction of sp³-hybridized carbons (Fsp3) is 0.353. The molecule has 0 fully saturated rings. The fourth-order valence-corrected chi connectivity index (χ4v) is 4.26. The van der Waals surface area contributed by atoms with Crippen LogP contribution in [-0.4, -0.2) is 59.5 Å². The van der Waals surface area contributed by atoms with Crippen molar-refractivity contribution in [2.24, 2.45) is 0 Å². The minimum atomic E-state index is -4.32. The number of nitrogens with zero attached hydrogens (tertiary/aromatic N) is 5. The van der Waals surface area contributed by atoms with Crippen LogP contribution in [0, 0.1) is 0 Å². The molecule has 166 valence electrons. The molecule has 3 rings (SSSR count). The third-order valence-corrected chi connectivity index (χ3v) is 5.99. The van der Waals surface area contributed by atoms with E-state index < -0.39 is 16.1 Å². The topological polar surface area (TPSA) is 150 Å². The van der Waals surface area contributed by atoms with Gasteiger partial charge in [0.25, 0.3) is 10.0 Å². The zero-order valence-corrected chi connectivity index (χ0v) is 18.9. The van der Waals surface area contributed by atoms with Gasteiger partial charge in [0.15, 0.2) is 5.65 Å². The molecule has 0 unspecified atom stereocenters. The van der Waals surface area contributed by atoms with E-state index >= 15 is 0 Å². The first-order chi connectivity index (χ1) is 14.8. The van der Waals surface area contributed by atoms with Crippen molar-refractivity contribution in [2.75, 3.05) is 25.8 Å². The van der Waals surface area contributed by atoms with Crippen molar-refractivity contribution < 1.29 is 22.7 Å². The molecule has 0 bridgehead atoms. The lowest BCUT2D eigenvalue weighted by atomic mass is 10.3. The number of amides is 2. The van der Waals surface area contributed by atoms with Gasteiger partial charge >= 0.3 is 6.03 Å². The summed E-state index contributed by atoms with van der Waals surface area (Å²) in [5.41, 5.74) is 0.677. The number of anilines is 1. The van der Waals surface area contributed by atoms with Crippen LogP contribution < -0.4 is 19.5 Å². The summed E-state index contributed by atoms with van der Waals surface area (Å²) in [4.78, 5) is 24.7. The highest BCUT2D eigenvalue weighted by molar-refractivity contribution is 7.98. The van der Waals surface area contributed by atoms with Gasteiger partial charge in [0.1, 0.15) is 5.03 Å². The largest absolute Gasteiger partial charge is 0.481 e. The normalized spacial score (nSPS) is 11.4. The van der Waals surface area contributed by atoms with E-state index in [1.54, 1.807) is 12.1 Å². The molecule has 0 aromatic carbocycles. The first kappa shape index (κ1) is 22.6. The Kier molecular flexibility index (Phi) is 6.80. The minimum absolute atomic E-state index is 0.130. The van der Waals surface area contributed by atoms with Gasteiger partial charge in [-0.25, -0.2) is 14.5 Å². The van der Waals surface area contributed by atoms with E-state index in [1.165, 1.54) is 36.6 Å². The van der Waals surface area contributed by atoms with Crippen LogP contribution in [-0.2, 0) is 16.4 Å². The molecule has 0 spiro atoms. The Morgan fingerprint density at radius 3 is 2.42 bits per heavy atom. The van der Waals surface area contributed by atoms with Crippen molar-refractivity contribution >= 4 is 39.4 Å². The zero-order chi connectivity index (χ0) is 22.6. The van der Waals surface area contributed by atoms with Gasteiger partial charge in [0.2, 0.25) is 22.7 Å². The van der Waals surface area contributed by atoms with E-state index in [0.29, 0.717) is 29.2 Å². The van der Waals surface area contributed by atoms with Crippen molar-refractivity contribution in [3.8, 4) is 11.8 Å². The van der Waals surface area contributed by atoms with Crippen LogP contribution in [0.4, 0.5) is 10.7 Å². The van der Waals surface area contributed by atoms with Gasteiger partial charge in [0, 0.05) is 0 Å². The van der Waals surface area contributed by atoms with E-state index in [0.717, 1.165) is 0 Å². The Morgan fingerprint density at radius 1 is 1.16 bits per heavy atom. The number of aromatic nitrogens is 5. The van der Waals surface area contributed by atoms with Crippen molar-refractivity contribution in [3.63, 3.8) is 0 Å². The SMILES string of the molecule is CCCc1nc2ccc(SC)nn2c1S(=O)(=O)NC(=O)Nc1nc(OC)cc(OC)n1. The fourth-order valence-electron chi connectivity index (χ4n) is 2.69. The average molecular weight is 468 g/mol. The highest BCUT2D eigenvalue weighted by Crippen LogP contribution is 2.22. The standard InChI is InChI=1S/C17H21N7O5S2/c1-5-6-10-15(24-11(18-10)7-8-14(22-24)30-4)31(26,27)23-17(25)21-16-19-12(28-2)9-13(20-16)29-3/h7-9H,5-6H2,1-4H3,(H2,19,20,21,23,25). The number of methoxy groups -OCH3 is 2. The van der Waals surface area contributed by atoms with Crippen LogP contribution in [0.1, 0.15) is 19.0 Å². The lowest BCUT2D eigenvalue weighted by molar-refractivity contribution is 0.256. The first-order valence-corrected chi connectivity index (χ1v) is 11.8. The number of carbonyl (C=O) groups is 1. The second kappa shape index (κ2) is 9.34. The molecule has 0 saturated carbocycles. The summed E-state index contributed by atoms with van der Waals surface area (Å²) in [6.45, 7) is 1.90. The molecule has 0 radical (unpaired) electrons. The van der Waals surface area contributed by atoms with Gasteiger partial charge in [-0.1, -0.05) is 13.3 Å². The summed E-state index contributed by atoms with van der Waals surface area (Å²) in [5, 5.41) is 6.98. The Bertz CT molecular complexity index is 1190. The number of ether oxygens (including phenoxy) is 2. The summed E-state index contributed by atoms with van der Waals surface area (Å²) in [5.74, 6) is 0.0651. The molecule has 31 heavy (non-hydrogen) atoms. The van der Waals surface area contributed by atoms with Crippen LogP contribution in [0.15, 0.2) is 28.3 Å². The Hall–Kier alpha value is -3.13. The third kappa shape index (κ3) is 4.96. The van der Waals surface area contributed by atoms with Gasteiger partial charge in [-0.05, 0) is 24.8 Å². The molecule has 3 aromatic rings. The number of carbonyl (C=O) groups excluding carboxylic acids is 1. The Morgan fingerprint density at radius 2 is 1.84 bits per heavy atom. The quantitative estimate of drug-likeness (QED) is 0.469. The van der Waals surface area contributed by atoms with Crippen LogP contribution in [0.2, 0.25) is 0 Å². The number of aryl methyl sites for hydroxylation is 1. The molecule has 2 amide bonds. The predicted molar refractivity (Wildman–Crippen MR) is 113 cm³/mol. The summed E-state index contributed by atoms with van der Waals surface area (Å²) in [6, 6.07) is 3.76. The molecule has 3 heterocycles. The number of fused-ring (bicyclic) bond motifs is 1. The third-order valence-electron chi connectivity index (χ3n) is 3.98. The van der Waals surface area contributed by atoms with E-state index in [9.17, 15) is 13.2 Å². The second-order valence-electron chi connectivity index (χ2n) is 6.10. The van der Waals surface area contributed by atoms with Crippen molar-refractivity contribution in [1.29, 1.82) is 0 Å². The maximum absolute atomic E-state index is 13.1. The van der Waals surface area contributed by atoms with E-state index in [2.05, 4.69) is 25.4 Å². The zero-order valence-electron chi connectivity index (χ0n) is 17.2. The van der Waals surface area contributed by atoms with Gasteiger partial charge in [-0.2, -0.15) is 28.0 Å². The first-order valence-electron chi connectivity index (χ1n) is 9.04. The van der Waals surface area contributed by atoms with Crippen LogP contribution in [0.3, 0.4) is 0 Å². The molecule has 12 nitrogen and oxygen atoms in total. The van der Waals surface area contributed by atoms with Crippen LogP contribution in [0.5, 0.6) is 11.8 Å². The molecule has 0 atom stereocenters. The number of urea groups is 1. The average Bonchev–Trinajstić information content (AvgIpc) is 3.11. The predicted octanol–water partition coefficient (Wildman–Crippen LogP) is 1.72. The molecule has 3 aromatic heterocycles. The molecular weight excluding hydrogens is 446 g/mol. The monoisotopic (exact) mass is 467 g/mol. The highest BCUT2D eigenvalue weighted by atomic mass is 32.2. The van der Waals surface area contributed by atoms with E-state index in [1.807, 2.05) is 17.9 Å². The van der Waals surface area contributed by atoms with E-state index in [4.69, 9.17) is 9.47 Å². The molecule has 2 N–H and O–H groups in total. The summed E-state index contributed by atoms with van der Waals surface area (Å²) >= 11 is 1.35. The summed E-state index contributed by atoms with van der Waals surface area (Å²) in [6.07, 6.45) is 2.87. The van der Waals surface area contributed by atoms with Gasteiger partial charge in [-0.3, -0.25) is 5.32 Å². The molecule has 0 aliphatic carbocycles. The van der Waals surface area contributed by atoms with Gasteiger partial charge in [-0.15, -0.1) is 11.8 Å². The summed E-state index contributed by atoms with van der Waals surface area (Å²) in [7, 11) is -1.56. The number of thioether (sulfide) groups is 1. The van der Waals surface area contributed by atoms with Gasteiger partial charge < -0.3 is 9.47 Å². The maximum Gasteiger partial charge on any atom is 0.335 e. The Labute approximate surface area is 182 Å². The molecular formula is C17H21N7O5S2. The number of nitrogens with one attached hydrogen (secondary N) is 2. The smallest absolute Gasteiger partial charge is 0.335 e. The van der Waals surface area contributed by atoms with Crippen molar-refractivity contribution in [3.05, 3.63) is 23.9 Å². The second-order valence-corrected chi connectivity index (χ2v) is 8.52. The molecule has 0 saturated heterocycles. The Balaban J connectivity index is 1.94. The van der Waals surface area contributed by atoms with Crippen LogP contribution in [0.25, 0.3) is 5.65 Å². The van der Waals surface area contributed by atoms with E-state index in [-0.39, 0.29) is 22.7 Å². The number of sulfonamides is 1. The summed E-state index contributed by atoms with van der Waals surface area (Å²) < 4.78 is 39.4. The van der Waals surface area contributed by atoms with Gasteiger partial charge in [0.05, 0.1) is 26.0 Å². The number of imidazole rings is 1. The lowest BCUT2D eigenvalue weighted by Crippen LogP contribution is -2.36. The van der Waals surface area contributed by atoms with Crippen molar-refractivity contribution in [1.82, 2.24) is 29.3 Å². The molecule has 0 aliphatic rings.